The van der Waals surface area contributed by atoms with Crippen LogP contribution in [-0.4, -0.2) is 67.6 Å². The van der Waals surface area contributed by atoms with Crippen LogP contribution in [-0.2, 0) is 4.79 Å². The molecular weight excluding hydrogens is 228 g/mol. The molecule has 0 aromatic carbocycles. The first-order valence-electron chi connectivity index (χ1n) is 6.84. The second-order valence-electron chi connectivity index (χ2n) is 5.72. The van der Waals surface area contributed by atoms with Gasteiger partial charge in [-0.25, -0.2) is 0 Å². The molecule has 0 aromatic rings. The summed E-state index contributed by atoms with van der Waals surface area (Å²) in [6, 6.07) is 0.963. The molecule has 5 nitrogen and oxygen atoms in total. The second-order valence-corrected chi connectivity index (χ2v) is 5.72. The number of hydrogen-bond acceptors (Lipinski definition) is 4. The van der Waals surface area contributed by atoms with E-state index in [4.69, 9.17) is 5.73 Å². The van der Waals surface area contributed by atoms with Gasteiger partial charge in [0.05, 0.1) is 0 Å². The number of likely N-dealkylation sites (tertiary alicyclic amines) is 1. The minimum Gasteiger partial charge on any atom is -0.354 e. The predicted octanol–water partition coefficient (Wildman–Crippen LogP) is -0.136. The van der Waals surface area contributed by atoms with Gasteiger partial charge < -0.3 is 16.0 Å². The Kier molecular flexibility index (Phi) is 6.05. The summed E-state index contributed by atoms with van der Waals surface area (Å²) < 4.78 is 0. The van der Waals surface area contributed by atoms with Gasteiger partial charge in [0.1, 0.15) is 0 Å². The molecule has 2 atom stereocenters. The van der Waals surface area contributed by atoms with Gasteiger partial charge in [-0.3, -0.25) is 9.69 Å². The fourth-order valence-corrected chi connectivity index (χ4v) is 2.48. The Morgan fingerprint density at radius 2 is 2.17 bits per heavy atom. The molecule has 0 aliphatic carbocycles. The van der Waals surface area contributed by atoms with Crippen molar-refractivity contribution in [1.29, 1.82) is 0 Å². The van der Waals surface area contributed by atoms with Crippen LogP contribution in [0, 0.1) is 0 Å². The first-order valence-corrected chi connectivity index (χ1v) is 6.84. The zero-order valence-corrected chi connectivity index (χ0v) is 12.1. The molecule has 1 amide bonds. The predicted molar refractivity (Wildman–Crippen MR) is 74.4 cm³/mol. The van der Waals surface area contributed by atoms with Crippen molar-refractivity contribution in [2.24, 2.45) is 5.73 Å². The lowest BCUT2D eigenvalue weighted by Gasteiger charge is -2.27. The fourth-order valence-electron chi connectivity index (χ4n) is 2.48. The summed E-state index contributed by atoms with van der Waals surface area (Å²) in [4.78, 5) is 16.4. The van der Waals surface area contributed by atoms with Gasteiger partial charge in [-0.1, -0.05) is 0 Å². The zero-order valence-electron chi connectivity index (χ0n) is 12.1. The Hall–Kier alpha value is -0.650. The molecule has 5 heteroatoms. The number of nitrogens with one attached hydrogen (secondary N) is 1. The van der Waals surface area contributed by atoms with Crippen LogP contribution in [0.5, 0.6) is 0 Å². The number of nitrogens with zero attached hydrogens (tertiary/aromatic N) is 2. The van der Waals surface area contributed by atoms with Gasteiger partial charge in [-0.05, 0) is 34.4 Å². The van der Waals surface area contributed by atoms with Crippen LogP contribution in [0.2, 0.25) is 0 Å². The highest BCUT2D eigenvalue weighted by Gasteiger charge is 2.29. The molecule has 1 saturated heterocycles. The van der Waals surface area contributed by atoms with E-state index in [1.807, 2.05) is 13.8 Å². The van der Waals surface area contributed by atoms with Crippen LogP contribution >= 0.6 is 0 Å². The van der Waals surface area contributed by atoms with E-state index in [2.05, 4.69) is 29.2 Å². The van der Waals surface area contributed by atoms with Crippen LogP contribution < -0.4 is 11.1 Å². The van der Waals surface area contributed by atoms with Crippen molar-refractivity contribution in [2.45, 2.75) is 44.8 Å². The van der Waals surface area contributed by atoms with E-state index in [-0.39, 0.29) is 18.0 Å². The van der Waals surface area contributed by atoms with Crippen molar-refractivity contribution in [1.82, 2.24) is 15.1 Å². The highest BCUT2D eigenvalue weighted by molar-refractivity contribution is 5.76. The fraction of sp³-hybridized carbons (Fsp3) is 0.923. The second kappa shape index (κ2) is 7.07. The summed E-state index contributed by atoms with van der Waals surface area (Å²) in [5.41, 5.74) is 5.82. The number of hydrogen-bond donors (Lipinski definition) is 2. The van der Waals surface area contributed by atoms with Crippen LogP contribution in [0.4, 0.5) is 0 Å². The van der Waals surface area contributed by atoms with Crippen molar-refractivity contribution >= 4 is 5.91 Å². The third-order valence-corrected chi connectivity index (χ3v) is 3.58. The number of likely N-dealkylation sites (N-methyl/N-ethyl adjacent to an activating group) is 1. The van der Waals surface area contributed by atoms with Crippen molar-refractivity contribution in [3.63, 3.8) is 0 Å². The number of nitrogens with two attached hydrogens (primary N) is 1. The Labute approximate surface area is 111 Å². The van der Waals surface area contributed by atoms with Crippen LogP contribution in [0.25, 0.3) is 0 Å². The SMILES string of the molecule is CC(C)NC(=O)CC(CN)N1CCC(N(C)C)C1. The highest BCUT2D eigenvalue weighted by atomic mass is 16.1. The average molecular weight is 256 g/mol. The van der Waals surface area contributed by atoms with Crippen LogP contribution in [0.15, 0.2) is 0 Å². The van der Waals surface area contributed by atoms with E-state index in [9.17, 15) is 4.79 Å². The summed E-state index contributed by atoms with van der Waals surface area (Å²) in [5, 5.41) is 2.93. The number of carbonyl (C=O) groups is 1. The van der Waals surface area contributed by atoms with Gasteiger partial charge in [0.2, 0.25) is 5.91 Å². The Bertz CT molecular complexity index is 268. The standard InChI is InChI=1S/C13H28N4O/c1-10(2)15-13(18)7-12(8-14)17-6-5-11(9-17)16(3)4/h10-12H,5-9,14H2,1-4H3,(H,15,18). The first-order chi connectivity index (χ1) is 8.43. The maximum Gasteiger partial charge on any atom is 0.221 e. The van der Waals surface area contributed by atoms with Gasteiger partial charge in [0.25, 0.3) is 0 Å². The lowest BCUT2D eigenvalue weighted by molar-refractivity contribution is -0.122. The first kappa shape index (κ1) is 15.4. The van der Waals surface area contributed by atoms with Crippen molar-refractivity contribution in [3.05, 3.63) is 0 Å². The third-order valence-electron chi connectivity index (χ3n) is 3.58. The molecule has 1 aliphatic rings. The van der Waals surface area contributed by atoms with E-state index in [1.54, 1.807) is 0 Å². The number of amides is 1. The molecule has 0 aromatic heterocycles. The topological polar surface area (TPSA) is 61.6 Å². The molecule has 0 radical (unpaired) electrons. The van der Waals surface area contributed by atoms with E-state index >= 15 is 0 Å². The molecule has 1 rings (SSSR count). The minimum atomic E-state index is 0.105. The van der Waals surface area contributed by atoms with E-state index in [0.29, 0.717) is 19.0 Å². The Balaban J connectivity index is 2.44. The molecule has 2 unspecified atom stereocenters. The summed E-state index contributed by atoms with van der Waals surface area (Å²) in [5.74, 6) is 0.105. The van der Waals surface area contributed by atoms with Crippen molar-refractivity contribution < 1.29 is 4.79 Å². The summed E-state index contributed by atoms with van der Waals surface area (Å²) in [6.07, 6.45) is 1.67. The number of carbonyl (C=O) groups excluding carboxylic acids is 1. The maximum atomic E-state index is 11.8. The van der Waals surface area contributed by atoms with Gasteiger partial charge >= 0.3 is 0 Å². The maximum absolute atomic E-state index is 11.8. The summed E-state index contributed by atoms with van der Waals surface area (Å²) in [6.45, 7) is 6.57. The highest BCUT2D eigenvalue weighted by Crippen LogP contribution is 2.17. The Morgan fingerprint density at radius 1 is 1.50 bits per heavy atom. The largest absolute Gasteiger partial charge is 0.354 e. The molecule has 1 aliphatic heterocycles. The molecule has 1 heterocycles. The molecule has 106 valence electrons. The quantitative estimate of drug-likeness (QED) is 0.695. The van der Waals surface area contributed by atoms with Crippen LogP contribution in [0.3, 0.4) is 0 Å². The van der Waals surface area contributed by atoms with Crippen LogP contribution in [0.1, 0.15) is 26.7 Å². The van der Waals surface area contributed by atoms with Crippen molar-refractivity contribution in [3.8, 4) is 0 Å². The minimum absolute atomic E-state index is 0.105. The summed E-state index contributed by atoms with van der Waals surface area (Å²) >= 11 is 0. The van der Waals surface area contributed by atoms with E-state index in [0.717, 1.165) is 19.5 Å². The molecule has 0 bridgehead atoms. The van der Waals surface area contributed by atoms with Gasteiger partial charge in [0, 0.05) is 44.2 Å². The Morgan fingerprint density at radius 3 is 2.61 bits per heavy atom. The van der Waals surface area contributed by atoms with Gasteiger partial charge in [-0.15, -0.1) is 0 Å². The lowest BCUT2D eigenvalue weighted by Crippen LogP contribution is -2.45. The summed E-state index contributed by atoms with van der Waals surface area (Å²) in [7, 11) is 4.22. The molecule has 1 fully saturated rings. The smallest absolute Gasteiger partial charge is 0.221 e. The van der Waals surface area contributed by atoms with Crippen molar-refractivity contribution in [2.75, 3.05) is 33.7 Å². The number of rotatable bonds is 6. The van der Waals surface area contributed by atoms with Gasteiger partial charge in [-0.2, -0.15) is 0 Å². The average Bonchev–Trinajstić information content (AvgIpc) is 2.74. The zero-order chi connectivity index (χ0) is 13.7. The molecule has 0 saturated carbocycles. The molecule has 18 heavy (non-hydrogen) atoms. The normalized spacial score (nSPS) is 22.7. The van der Waals surface area contributed by atoms with E-state index < -0.39 is 0 Å². The lowest BCUT2D eigenvalue weighted by atomic mass is 10.1. The van der Waals surface area contributed by atoms with E-state index in [1.165, 1.54) is 0 Å². The molecule has 3 N–H and O–H groups in total. The monoisotopic (exact) mass is 256 g/mol. The molecular formula is C13H28N4O. The third kappa shape index (κ3) is 4.55. The molecule has 0 spiro atoms. The van der Waals surface area contributed by atoms with Gasteiger partial charge in [0.15, 0.2) is 0 Å².